The van der Waals surface area contributed by atoms with Crippen molar-refractivity contribution in [2.45, 2.75) is 47.6 Å². The van der Waals surface area contributed by atoms with Crippen LogP contribution in [-0.4, -0.2) is 25.1 Å². The number of nitrogens with zero attached hydrogens (tertiary/aromatic N) is 2. The summed E-state index contributed by atoms with van der Waals surface area (Å²) in [5, 5.41) is 4.44. The molecule has 1 aromatic rings. The van der Waals surface area contributed by atoms with Crippen LogP contribution in [0.3, 0.4) is 0 Å². The van der Waals surface area contributed by atoms with Gasteiger partial charge in [-0.2, -0.15) is 0 Å². The molecule has 0 unspecified atom stereocenters. The third kappa shape index (κ3) is 5.11. The van der Waals surface area contributed by atoms with Crippen molar-refractivity contribution in [1.29, 1.82) is 0 Å². The lowest BCUT2D eigenvalue weighted by Gasteiger charge is -2.25. The molecule has 110 valence electrons. The highest BCUT2D eigenvalue weighted by atomic mass is 32.1. The SMILES string of the molecule is CCc1nc(N(CC(C)C)CC(C)C)sc1CNC. The molecule has 0 amide bonds. The fourth-order valence-corrected chi connectivity index (χ4v) is 3.37. The Hall–Kier alpha value is -0.610. The second kappa shape index (κ2) is 7.85. The minimum Gasteiger partial charge on any atom is -0.348 e. The van der Waals surface area contributed by atoms with Gasteiger partial charge in [-0.15, -0.1) is 11.3 Å². The molecular weight excluding hydrogens is 254 g/mol. The van der Waals surface area contributed by atoms with Crippen LogP contribution in [0.5, 0.6) is 0 Å². The van der Waals surface area contributed by atoms with E-state index in [9.17, 15) is 0 Å². The van der Waals surface area contributed by atoms with Crippen LogP contribution in [-0.2, 0) is 13.0 Å². The van der Waals surface area contributed by atoms with E-state index in [2.05, 4.69) is 44.8 Å². The second-order valence-electron chi connectivity index (χ2n) is 5.94. The quantitative estimate of drug-likeness (QED) is 0.791. The lowest BCUT2D eigenvalue weighted by molar-refractivity contribution is 0.551. The Morgan fingerprint density at radius 3 is 2.16 bits per heavy atom. The third-order valence-corrected chi connectivity index (χ3v) is 4.04. The summed E-state index contributed by atoms with van der Waals surface area (Å²) in [5.74, 6) is 1.33. The molecule has 0 fully saturated rings. The van der Waals surface area contributed by atoms with Crippen molar-refractivity contribution in [2.24, 2.45) is 11.8 Å². The van der Waals surface area contributed by atoms with Gasteiger partial charge in [0.1, 0.15) is 0 Å². The number of hydrogen-bond donors (Lipinski definition) is 1. The summed E-state index contributed by atoms with van der Waals surface area (Å²) in [7, 11) is 2.00. The minimum absolute atomic E-state index is 0.667. The molecule has 1 N–H and O–H groups in total. The average molecular weight is 283 g/mol. The highest BCUT2D eigenvalue weighted by molar-refractivity contribution is 7.15. The zero-order valence-electron chi connectivity index (χ0n) is 13.3. The normalized spacial score (nSPS) is 11.6. The number of nitrogens with one attached hydrogen (secondary N) is 1. The van der Waals surface area contributed by atoms with E-state index in [-0.39, 0.29) is 0 Å². The van der Waals surface area contributed by atoms with Crippen LogP contribution in [0.15, 0.2) is 0 Å². The van der Waals surface area contributed by atoms with Crippen LogP contribution >= 0.6 is 11.3 Å². The van der Waals surface area contributed by atoms with Gasteiger partial charge in [0.2, 0.25) is 0 Å². The first-order valence-corrected chi connectivity index (χ1v) is 8.17. The first-order valence-electron chi connectivity index (χ1n) is 7.36. The Morgan fingerprint density at radius 2 is 1.74 bits per heavy atom. The molecule has 0 aliphatic heterocycles. The summed E-state index contributed by atoms with van der Waals surface area (Å²) >= 11 is 1.85. The first-order chi connectivity index (χ1) is 8.97. The van der Waals surface area contributed by atoms with E-state index in [1.165, 1.54) is 15.7 Å². The van der Waals surface area contributed by atoms with Crippen LogP contribution in [0.1, 0.15) is 45.2 Å². The van der Waals surface area contributed by atoms with Crippen molar-refractivity contribution >= 4 is 16.5 Å². The molecule has 4 heteroatoms. The third-order valence-electron chi connectivity index (χ3n) is 2.88. The lowest BCUT2D eigenvalue weighted by atomic mass is 10.1. The number of aromatic nitrogens is 1. The van der Waals surface area contributed by atoms with Crippen molar-refractivity contribution in [3.63, 3.8) is 0 Å². The molecule has 0 bridgehead atoms. The maximum absolute atomic E-state index is 4.86. The van der Waals surface area contributed by atoms with Gasteiger partial charge in [-0.1, -0.05) is 34.6 Å². The number of rotatable bonds is 8. The monoisotopic (exact) mass is 283 g/mol. The molecule has 0 aliphatic carbocycles. The molecule has 1 rings (SSSR count). The largest absolute Gasteiger partial charge is 0.348 e. The van der Waals surface area contributed by atoms with Gasteiger partial charge in [-0.05, 0) is 25.3 Å². The topological polar surface area (TPSA) is 28.2 Å². The lowest BCUT2D eigenvalue weighted by Crippen LogP contribution is -2.31. The number of aryl methyl sites for hydroxylation is 1. The molecule has 3 nitrogen and oxygen atoms in total. The average Bonchev–Trinajstić information content (AvgIpc) is 2.70. The van der Waals surface area contributed by atoms with E-state index in [0.717, 1.165) is 26.1 Å². The number of anilines is 1. The van der Waals surface area contributed by atoms with E-state index >= 15 is 0 Å². The summed E-state index contributed by atoms with van der Waals surface area (Å²) in [6.45, 7) is 14.4. The van der Waals surface area contributed by atoms with E-state index in [0.29, 0.717) is 11.8 Å². The molecule has 0 aromatic carbocycles. The predicted octanol–water partition coefficient (Wildman–Crippen LogP) is 3.54. The van der Waals surface area contributed by atoms with Gasteiger partial charge in [0.15, 0.2) is 5.13 Å². The van der Waals surface area contributed by atoms with Crippen molar-refractivity contribution in [3.8, 4) is 0 Å². The Kier molecular flexibility index (Phi) is 6.80. The van der Waals surface area contributed by atoms with E-state index < -0.39 is 0 Å². The fourth-order valence-electron chi connectivity index (χ4n) is 2.19. The molecule has 0 atom stereocenters. The van der Waals surface area contributed by atoms with Crippen molar-refractivity contribution in [1.82, 2.24) is 10.3 Å². The summed E-state index contributed by atoms with van der Waals surface area (Å²) < 4.78 is 0. The summed E-state index contributed by atoms with van der Waals surface area (Å²) in [5.41, 5.74) is 1.26. The van der Waals surface area contributed by atoms with Crippen LogP contribution in [0, 0.1) is 11.8 Å². The van der Waals surface area contributed by atoms with Crippen LogP contribution in [0.25, 0.3) is 0 Å². The molecule has 1 heterocycles. The Morgan fingerprint density at radius 1 is 1.16 bits per heavy atom. The van der Waals surface area contributed by atoms with Gasteiger partial charge in [0.25, 0.3) is 0 Å². The summed E-state index contributed by atoms with van der Waals surface area (Å²) in [4.78, 5) is 8.70. The van der Waals surface area contributed by atoms with E-state index in [1.54, 1.807) is 0 Å². The summed E-state index contributed by atoms with van der Waals surface area (Å²) in [6, 6.07) is 0. The Bertz CT molecular complexity index is 361. The van der Waals surface area contributed by atoms with Gasteiger partial charge in [-0.3, -0.25) is 0 Å². The molecular formula is C15H29N3S. The van der Waals surface area contributed by atoms with Crippen molar-refractivity contribution < 1.29 is 0 Å². The number of hydrogen-bond acceptors (Lipinski definition) is 4. The minimum atomic E-state index is 0.667. The zero-order chi connectivity index (χ0) is 14.4. The first kappa shape index (κ1) is 16.4. The fraction of sp³-hybridized carbons (Fsp3) is 0.800. The van der Waals surface area contributed by atoms with Crippen LogP contribution < -0.4 is 10.2 Å². The highest BCUT2D eigenvalue weighted by Crippen LogP contribution is 2.28. The standard InChI is InChI=1S/C15H29N3S/c1-7-13-14(8-16-6)19-15(17-13)18(9-11(2)3)10-12(4)5/h11-12,16H,7-10H2,1-6H3. The van der Waals surface area contributed by atoms with Gasteiger partial charge in [-0.25, -0.2) is 4.98 Å². The van der Waals surface area contributed by atoms with E-state index in [4.69, 9.17) is 4.98 Å². The van der Waals surface area contributed by atoms with Gasteiger partial charge < -0.3 is 10.2 Å². The van der Waals surface area contributed by atoms with Gasteiger partial charge >= 0.3 is 0 Å². The Balaban J connectivity index is 2.93. The second-order valence-corrected chi connectivity index (χ2v) is 7.00. The molecule has 0 saturated carbocycles. The van der Waals surface area contributed by atoms with E-state index in [1.807, 2.05) is 18.4 Å². The molecule has 0 saturated heterocycles. The summed E-state index contributed by atoms with van der Waals surface area (Å²) in [6.07, 6.45) is 1.02. The molecule has 19 heavy (non-hydrogen) atoms. The predicted molar refractivity (Wildman–Crippen MR) is 86.1 cm³/mol. The smallest absolute Gasteiger partial charge is 0.185 e. The molecule has 1 aromatic heterocycles. The molecule has 0 aliphatic rings. The number of thiazole rings is 1. The van der Waals surface area contributed by atoms with Gasteiger partial charge in [0, 0.05) is 24.5 Å². The molecule has 0 spiro atoms. The zero-order valence-corrected chi connectivity index (χ0v) is 14.1. The van der Waals surface area contributed by atoms with Crippen LogP contribution in [0.2, 0.25) is 0 Å². The highest BCUT2D eigenvalue weighted by Gasteiger charge is 2.17. The van der Waals surface area contributed by atoms with Gasteiger partial charge in [0.05, 0.1) is 5.69 Å². The Labute approximate surface area is 122 Å². The van der Waals surface area contributed by atoms with Crippen molar-refractivity contribution in [2.75, 3.05) is 25.0 Å². The molecule has 0 radical (unpaired) electrons. The van der Waals surface area contributed by atoms with Crippen molar-refractivity contribution in [3.05, 3.63) is 10.6 Å². The maximum atomic E-state index is 4.86. The maximum Gasteiger partial charge on any atom is 0.185 e. The van der Waals surface area contributed by atoms with Crippen LogP contribution in [0.4, 0.5) is 5.13 Å².